The molecule has 8 nitrogen and oxygen atoms in total. The number of amides is 2. The zero-order valence-corrected chi connectivity index (χ0v) is 21.0. The normalized spacial score (nSPS) is 13.6. The van der Waals surface area contributed by atoms with Gasteiger partial charge in [-0.05, 0) is 36.5 Å². The molecule has 0 radical (unpaired) electrons. The van der Waals surface area contributed by atoms with Gasteiger partial charge in [-0.3, -0.25) is 9.59 Å². The highest BCUT2D eigenvalue weighted by Gasteiger charge is 2.28. The average Bonchev–Trinajstić information content (AvgIpc) is 3.43. The van der Waals surface area contributed by atoms with Crippen LogP contribution in [0.4, 0.5) is 5.00 Å². The van der Waals surface area contributed by atoms with Gasteiger partial charge in [0.1, 0.15) is 22.6 Å². The molecule has 182 valence electrons. The number of thiophene rings is 1. The summed E-state index contributed by atoms with van der Waals surface area (Å²) in [7, 11) is 1.62. The second-order valence-corrected chi connectivity index (χ2v) is 9.80. The zero-order chi connectivity index (χ0) is 24.9. The number of nitrogens with zero attached hydrogens (tertiary/aromatic N) is 4. The van der Waals surface area contributed by atoms with Crippen molar-refractivity contribution in [2.24, 2.45) is 0 Å². The Balaban J connectivity index is 1.40. The number of para-hydroxylation sites is 1. The summed E-state index contributed by atoms with van der Waals surface area (Å²) in [6.45, 7) is 5.52. The highest BCUT2D eigenvalue weighted by atomic mass is 32.1. The molecule has 9 heteroatoms. The Morgan fingerprint density at radius 2 is 2.14 bits per heavy atom. The van der Waals surface area contributed by atoms with Gasteiger partial charge in [0.25, 0.3) is 0 Å². The Kier molecular flexibility index (Phi) is 7.51. The van der Waals surface area contributed by atoms with Crippen molar-refractivity contribution in [1.29, 1.82) is 5.26 Å². The molecule has 0 saturated heterocycles. The number of benzene rings is 1. The molecule has 1 aromatic carbocycles. The van der Waals surface area contributed by atoms with E-state index in [0.29, 0.717) is 43.0 Å². The van der Waals surface area contributed by atoms with Gasteiger partial charge < -0.3 is 19.5 Å². The van der Waals surface area contributed by atoms with E-state index in [9.17, 15) is 14.9 Å². The predicted octanol–water partition coefficient (Wildman–Crippen LogP) is 4.24. The minimum atomic E-state index is -0.151. The van der Waals surface area contributed by atoms with Gasteiger partial charge in [-0.1, -0.05) is 25.1 Å². The largest absolute Gasteiger partial charge is 0.496 e. The second kappa shape index (κ2) is 10.7. The highest BCUT2D eigenvalue weighted by molar-refractivity contribution is 7.16. The van der Waals surface area contributed by atoms with Gasteiger partial charge >= 0.3 is 0 Å². The van der Waals surface area contributed by atoms with Crippen LogP contribution in [0.25, 0.3) is 0 Å². The Morgan fingerprint density at radius 3 is 2.86 bits per heavy atom. The molecule has 1 atom stereocenters. The smallest absolute Gasteiger partial charge is 0.225 e. The van der Waals surface area contributed by atoms with Gasteiger partial charge in [-0.25, -0.2) is 4.98 Å². The standard InChI is InChI=1S/C26H29N5O3S/c1-17(19-6-4-5-7-22(19)34-3)14-24(32)29-26-21(15-27)20-8-11-31(16-23(20)35-26)25(33)9-12-30-13-10-28-18(30)2/h4-7,10,13,17H,8-9,11-12,14,16H2,1-3H3,(H,29,32). The molecule has 4 rings (SSSR count). The van der Waals surface area contributed by atoms with Gasteiger partial charge in [0, 0.05) is 43.2 Å². The first kappa shape index (κ1) is 24.5. The SMILES string of the molecule is COc1ccccc1C(C)CC(=O)Nc1sc2c(c1C#N)CCN(C(=O)CCn1ccnc1C)C2. The topological polar surface area (TPSA) is 100 Å². The van der Waals surface area contributed by atoms with Crippen molar-refractivity contribution in [1.82, 2.24) is 14.5 Å². The number of anilines is 1. The summed E-state index contributed by atoms with van der Waals surface area (Å²) in [6, 6.07) is 9.94. The maximum atomic E-state index is 12.8. The van der Waals surface area contributed by atoms with Gasteiger partial charge in [-0.15, -0.1) is 11.3 Å². The Hall–Kier alpha value is -3.64. The molecular formula is C26H29N5O3S. The number of carbonyl (C=O) groups is 2. The lowest BCUT2D eigenvalue weighted by Gasteiger charge is -2.27. The molecule has 0 bridgehead atoms. The van der Waals surface area contributed by atoms with Crippen LogP contribution in [0.1, 0.15) is 53.1 Å². The second-order valence-electron chi connectivity index (χ2n) is 8.70. The first-order valence-electron chi connectivity index (χ1n) is 11.6. The number of imidazole rings is 1. The van der Waals surface area contributed by atoms with Crippen LogP contribution in [0.5, 0.6) is 5.75 Å². The number of fused-ring (bicyclic) bond motifs is 1. The molecule has 1 aliphatic heterocycles. The van der Waals surface area contributed by atoms with Crippen LogP contribution in [0.2, 0.25) is 0 Å². The Bertz CT molecular complexity index is 1270. The van der Waals surface area contributed by atoms with E-state index in [1.54, 1.807) is 13.3 Å². The van der Waals surface area contributed by atoms with Crippen molar-refractivity contribution >= 4 is 28.2 Å². The van der Waals surface area contributed by atoms with E-state index < -0.39 is 0 Å². The monoisotopic (exact) mass is 491 g/mol. The number of methoxy groups -OCH3 is 1. The maximum absolute atomic E-state index is 12.8. The number of aryl methyl sites for hydroxylation is 2. The van der Waals surface area contributed by atoms with Gasteiger partial charge in [0.15, 0.2) is 0 Å². The van der Waals surface area contributed by atoms with Crippen LogP contribution in [0, 0.1) is 18.3 Å². The summed E-state index contributed by atoms with van der Waals surface area (Å²) < 4.78 is 7.39. The first-order chi connectivity index (χ1) is 16.9. The van der Waals surface area contributed by atoms with Crippen molar-refractivity contribution in [3.05, 3.63) is 64.1 Å². The fourth-order valence-electron chi connectivity index (χ4n) is 4.48. The molecule has 1 aliphatic rings. The number of aromatic nitrogens is 2. The third-order valence-corrected chi connectivity index (χ3v) is 7.56. The first-order valence-corrected chi connectivity index (χ1v) is 12.5. The summed E-state index contributed by atoms with van der Waals surface area (Å²) in [4.78, 5) is 32.7. The van der Waals surface area contributed by atoms with E-state index in [4.69, 9.17) is 4.74 Å². The molecule has 2 amide bonds. The molecule has 2 aromatic heterocycles. The zero-order valence-electron chi connectivity index (χ0n) is 20.2. The molecule has 0 saturated carbocycles. The summed E-state index contributed by atoms with van der Waals surface area (Å²) in [5.74, 6) is 1.52. The molecule has 1 unspecified atom stereocenters. The van der Waals surface area contributed by atoms with Crippen LogP contribution in [-0.4, -0.2) is 39.9 Å². The molecule has 0 aliphatic carbocycles. The quantitative estimate of drug-likeness (QED) is 0.508. The molecule has 35 heavy (non-hydrogen) atoms. The summed E-state index contributed by atoms with van der Waals surface area (Å²) in [5, 5.41) is 13.3. The third-order valence-electron chi connectivity index (χ3n) is 6.43. The number of nitriles is 1. The summed E-state index contributed by atoms with van der Waals surface area (Å²) >= 11 is 1.40. The minimum Gasteiger partial charge on any atom is -0.496 e. The molecule has 0 fully saturated rings. The van der Waals surface area contributed by atoms with Gasteiger partial charge in [0.05, 0.1) is 19.2 Å². The van der Waals surface area contributed by atoms with Crippen LogP contribution in [0.15, 0.2) is 36.7 Å². The Morgan fingerprint density at radius 1 is 1.34 bits per heavy atom. The number of hydrogen-bond donors (Lipinski definition) is 1. The van der Waals surface area contributed by atoms with Gasteiger partial charge in [-0.2, -0.15) is 5.26 Å². The number of carbonyl (C=O) groups excluding carboxylic acids is 2. The number of ether oxygens (including phenoxy) is 1. The van der Waals surface area contributed by atoms with Crippen LogP contribution >= 0.6 is 11.3 Å². The third kappa shape index (κ3) is 5.38. The fraction of sp³-hybridized carbons (Fsp3) is 0.385. The van der Waals surface area contributed by atoms with E-state index in [0.717, 1.165) is 27.6 Å². The lowest BCUT2D eigenvalue weighted by Crippen LogP contribution is -2.35. The molecule has 0 spiro atoms. The van der Waals surface area contributed by atoms with Gasteiger partial charge in [0.2, 0.25) is 11.8 Å². The molecule has 3 aromatic rings. The summed E-state index contributed by atoms with van der Waals surface area (Å²) in [6.07, 6.45) is 4.88. The van der Waals surface area contributed by atoms with E-state index in [1.807, 2.05) is 53.8 Å². The van der Waals surface area contributed by atoms with Crippen molar-refractivity contribution in [3.63, 3.8) is 0 Å². The van der Waals surface area contributed by atoms with E-state index in [2.05, 4.69) is 16.4 Å². The lowest BCUT2D eigenvalue weighted by atomic mass is 9.96. The molecule has 1 N–H and O–H groups in total. The van der Waals surface area contributed by atoms with E-state index >= 15 is 0 Å². The maximum Gasteiger partial charge on any atom is 0.225 e. The number of nitrogens with one attached hydrogen (secondary N) is 1. The van der Waals surface area contributed by atoms with Crippen LogP contribution < -0.4 is 10.1 Å². The highest BCUT2D eigenvalue weighted by Crippen LogP contribution is 2.37. The summed E-state index contributed by atoms with van der Waals surface area (Å²) in [5.41, 5.74) is 2.43. The van der Waals surface area contributed by atoms with E-state index in [-0.39, 0.29) is 24.2 Å². The van der Waals surface area contributed by atoms with Crippen molar-refractivity contribution in [2.75, 3.05) is 19.0 Å². The van der Waals surface area contributed by atoms with Crippen molar-refractivity contribution < 1.29 is 14.3 Å². The van der Waals surface area contributed by atoms with Crippen LogP contribution in [0.3, 0.4) is 0 Å². The average molecular weight is 492 g/mol. The van der Waals surface area contributed by atoms with E-state index in [1.165, 1.54) is 11.3 Å². The Labute approximate surface area is 209 Å². The minimum absolute atomic E-state index is 0.0430. The number of rotatable bonds is 8. The van der Waals surface area contributed by atoms with Crippen molar-refractivity contribution in [2.45, 2.75) is 52.1 Å². The van der Waals surface area contributed by atoms with Crippen molar-refractivity contribution in [3.8, 4) is 11.8 Å². The predicted molar refractivity (Wildman–Crippen MR) is 134 cm³/mol. The molecule has 3 heterocycles. The lowest BCUT2D eigenvalue weighted by molar-refractivity contribution is -0.132. The molecular weight excluding hydrogens is 462 g/mol. The van der Waals surface area contributed by atoms with Crippen LogP contribution in [-0.2, 0) is 29.1 Å². The number of hydrogen-bond acceptors (Lipinski definition) is 6. The fourth-order valence-corrected chi connectivity index (χ4v) is 5.71.